The van der Waals surface area contributed by atoms with E-state index in [9.17, 15) is 15.2 Å². The van der Waals surface area contributed by atoms with Gasteiger partial charge in [0.05, 0.1) is 4.92 Å². The van der Waals surface area contributed by atoms with E-state index in [-0.39, 0.29) is 18.0 Å². The summed E-state index contributed by atoms with van der Waals surface area (Å²) in [5, 5.41) is 21.2. The van der Waals surface area contributed by atoms with Gasteiger partial charge in [0.25, 0.3) is 0 Å². The molecule has 0 radical (unpaired) electrons. The number of piperidine rings is 1. The molecule has 2 saturated heterocycles. The van der Waals surface area contributed by atoms with Crippen LogP contribution in [0.2, 0.25) is 0 Å². The Kier molecular flexibility index (Phi) is 5.65. The molecule has 7 heteroatoms. The molecule has 1 N–H and O–H groups in total. The number of para-hydroxylation sites is 2. The Hall–Kier alpha value is -1.70. The molecule has 7 nitrogen and oxygen atoms in total. The highest BCUT2D eigenvalue weighted by molar-refractivity contribution is 5.45. The van der Waals surface area contributed by atoms with Crippen molar-refractivity contribution in [2.75, 3.05) is 39.3 Å². The van der Waals surface area contributed by atoms with Gasteiger partial charge in [-0.05, 0) is 25.5 Å². The lowest BCUT2D eigenvalue weighted by molar-refractivity contribution is -0.385. The molecular formula is C17H25N3O4. The van der Waals surface area contributed by atoms with Gasteiger partial charge in [-0.25, -0.2) is 0 Å². The van der Waals surface area contributed by atoms with Crippen LogP contribution in [0.25, 0.3) is 0 Å². The lowest BCUT2D eigenvalue weighted by Crippen LogP contribution is -2.56. The maximum atomic E-state index is 11.0. The van der Waals surface area contributed by atoms with Crippen molar-refractivity contribution in [1.82, 2.24) is 9.80 Å². The summed E-state index contributed by atoms with van der Waals surface area (Å²) in [6, 6.07) is 6.87. The summed E-state index contributed by atoms with van der Waals surface area (Å²) in [7, 11) is 0. The minimum Gasteiger partial charge on any atom is -0.484 e. The third-order valence-electron chi connectivity index (χ3n) is 4.88. The molecule has 2 fully saturated rings. The molecule has 1 aromatic carbocycles. The Bertz CT molecular complexity index is 569. The Morgan fingerprint density at radius 2 is 2.12 bits per heavy atom. The minimum atomic E-state index is -0.653. The largest absolute Gasteiger partial charge is 0.484 e. The normalized spacial score (nSPS) is 23.5. The zero-order valence-corrected chi connectivity index (χ0v) is 13.8. The molecule has 24 heavy (non-hydrogen) atoms. The second-order valence-electron chi connectivity index (χ2n) is 6.63. The molecule has 0 aliphatic carbocycles. The predicted octanol–water partition coefficient (Wildman–Crippen LogP) is 1.50. The van der Waals surface area contributed by atoms with E-state index in [1.807, 2.05) is 0 Å². The molecule has 2 heterocycles. The maximum absolute atomic E-state index is 11.0. The van der Waals surface area contributed by atoms with Crippen LogP contribution < -0.4 is 4.74 Å². The molecule has 0 saturated carbocycles. The van der Waals surface area contributed by atoms with E-state index in [0.29, 0.717) is 12.6 Å². The number of hydrogen-bond donors (Lipinski definition) is 1. The fraction of sp³-hybridized carbons (Fsp3) is 0.647. The highest BCUT2D eigenvalue weighted by Crippen LogP contribution is 2.26. The van der Waals surface area contributed by atoms with E-state index >= 15 is 0 Å². The number of nitro benzene ring substituents is 1. The lowest BCUT2D eigenvalue weighted by Gasteiger charge is -2.44. The summed E-state index contributed by atoms with van der Waals surface area (Å²) in [4.78, 5) is 15.3. The number of aliphatic hydroxyl groups excluding tert-OH is 1. The highest BCUT2D eigenvalue weighted by atomic mass is 16.6. The number of ether oxygens (including phenoxy) is 1. The summed E-state index contributed by atoms with van der Waals surface area (Å²) in [5.41, 5.74) is -0.0690. The van der Waals surface area contributed by atoms with Crippen LogP contribution in [-0.2, 0) is 0 Å². The van der Waals surface area contributed by atoms with Crippen LogP contribution in [0.4, 0.5) is 5.69 Å². The van der Waals surface area contributed by atoms with E-state index < -0.39 is 11.0 Å². The van der Waals surface area contributed by atoms with E-state index in [4.69, 9.17) is 4.74 Å². The molecule has 0 spiro atoms. The first kappa shape index (κ1) is 17.1. The van der Waals surface area contributed by atoms with Crippen molar-refractivity contribution < 1.29 is 14.8 Å². The topological polar surface area (TPSA) is 79.1 Å². The van der Waals surface area contributed by atoms with Crippen molar-refractivity contribution in [3.05, 3.63) is 34.4 Å². The van der Waals surface area contributed by atoms with Gasteiger partial charge in [0.1, 0.15) is 12.7 Å². The van der Waals surface area contributed by atoms with E-state index in [2.05, 4.69) is 9.80 Å². The van der Waals surface area contributed by atoms with Crippen molar-refractivity contribution >= 4 is 5.69 Å². The summed E-state index contributed by atoms with van der Waals surface area (Å²) < 4.78 is 5.48. The SMILES string of the molecule is O=[N+]([O-])c1ccccc1OC[C@H](O)CN1CCN2CCCC[C@H]2C1. The number of nitrogens with zero attached hydrogens (tertiary/aromatic N) is 3. The van der Waals surface area contributed by atoms with Crippen LogP contribution in [0.15, 0.2) is 24.3 Å². The standard InChI is InChI=1S/C17H25N3O4/c21-15(13-24-17-7-2-1-6-16(17)20(22)23)12-18-9-10-19-8-4-3-5-14(19)11-18/h1-2,6-7,14-15,21H,3-5,8-13H2/t14-,15+/m0/s1. The quantitative estimate of drug-likeness (QED) is 0.627. The molecule has 0 bridgehead atoms. The first-order valence-corrected chi connectivity index (χ1v) is 8.64. The van der Waals surface area contributed by atoms with E-state index in [1.165, 1.54) is 31.9 Å². The van der Waals surface area contributed by atoms with Crippen LogP contribution in [0.1, 0.15) is 19.3 Å². The minimum absolute atomic E-state index is 0.0652. The maximum Gasteiger partial charge on any atom is 0.310 e. The Balaban J connectivity index is 1.48. The number of β-amino-alcohol motifs (C(OH)–C–C–N with tert-alkyl or cyclic N) is 1. The monoisotopic (exact) mass is 335 g/mol. The summed E-state index contributed by atoms with van der Waals surface area (Å²) >= 11 is 0. The Labute approximate surface area is 142 Å². The number of piperazine rings is 1. The molecule has 132 valence electrons. The second-order valence-corrected chi connectivity index (χ2v) is 6.63. The average Bonchev–Trinajstić information content (AvgIpc) is 2.60. The van der Waals surface area contributed by atoms with Crippen LogP contribution in [0.5, 0.6) is 5.75 Å². The number of benzene rings is 1. The first-order valence-electron chi connectivity index (χ1n) is 8.64. The third-order valence-corrected chi connectivity index (χ3v) is 4.88. The van der Waals surface area contributed by atoms with Crippen LogP contribution in [0, 0.1) is 10.1 Å². The summed E-state index contributed by atoms with van der Waals surface area (Å²) in [5.74, 6) is 0.207. The van der Waals surface area contributed by atoms with Gasteiger partial charge in [-0.2, -0.15) is 0 Å². The fourth-order valence-corrected chi connectivity index (χ4v) is 3.65. The van der Waals surface area contributed by atoms with Crippen LogP contribution in [-0.4, -0.2) is 71.3 Å². The Morgan fingerprint density at radius 1 is 1.29 bits per heavy atom. The molecule has 0 amide bonds. The molecular weight excluding hydrogens is 310 g/mol. The van der Waals surface area contributed by atoms with Gasteiger partial charge in [-0.1, -0.05) is 18.6 Å². The van der Waals surface area contributed by atoms with Crippen molar-refractivity contribution in [2.45, 2.75) is 31.4 Å². The number of nitro groups is 1. The third kappa shape index (κ3) is 4.23. The van der Waals surface area contributed by atoms with Crippen molar-refractivity contribution in [3.63, 3.8) is 0 Å². The predicted molar refractivity (Wildman–Crippen MR) is 90.3 cm³/mol. The van der Waals surface area contributed by atoms with Gasteiger partial charge in [-0.3, -0.25) is 19.9 Å². The Morgan fingerprint density at radius 3 is 2.96 bits per heavy atom. The average molecular weight is 335 g/mol. The number of hydrogen-bond acceptors (Lipinski definition) is 6. The van der Waals surface area contributed by atoms with Gasteiger partial charge < -0.3 is 9.84 Å². The van der Waals surface area contributed by atoms with Gasteiger partial charge in [-0.15, -0.1) is 0 Å². The zero-order valence-electron chi connectivity index (χ0n) is 13.8. The van der Waals surface area contributed by atoms with Gasteiger partial charge in [0.15, 0.2) is 5.75 Å². The number of aliphatic hydroxyl groups is 1. The molecule has 0 aromatic heterocycles. The molecule has 3 rings (SSSR count). The summed E-state index contributed by atoms with van der Waals surface area (Å²) in [6.45, 7) is 4.81. The number of rotatable bonds is 6. The van der Waals surface area contributed by atoms with Crippen molar-refractivity contribution in [2.24, 2.45) is 0 Å². The van der Waals surface area contributed by atoms with Crippen molar-refractivity contribution in [1.29, 1.82) is 0 Å². The van der Waals surface area contributed by atoms with Gasteiger partial charge in [0, 0.05) is 38.3 Å². The zero-order chi connectivity index (χ0) is 16.9. The second kappa shape index (κ2) is 7.92. The van der Waals surface area contributed by atoms with Gasteiger partial charge >= 0.3 is 5.69 Å². The summed E-state index contributed by atoms with van der Waals surface area (Å²) in [6.07, 6.45) is 3.17. The highest BCUT2D eigenvalue weighted by Gasteiger charge is 2.29. The lowest BCUT2D eigenvalue weighted by atomic mass is 9.99. The molecule has 2 atom stereocenters. The van der Waals surface area contributed by atoms with Crippen LogP contribution in [0.3, 0.4) is 0 Å². The van der Waals surface area contributed by atoms with E-state index in [0.717, 1.165) is 19.6 Å². The molecule has 0 unspecified atom stereocenters. The smallest absolute Gasteiger partial charge is 0.310 e. The molecule has 2 aliphatic rings. The molecule has 1 aromatic rings. The van der Waals surface area contributed by atoms with Crippen LogP contribution >= 0.6 is 0 Å². The van der Waals surface area contributed by atoms with Crippen molar-refractivity contribution in [3.8, 4) is 5.75 Å². The first-order chi connectivity index (χ1) is 11.6. The number of fused-ring (bicyclic) bond motifs is 1. The molecule has 2 aliphatic heterocycles. The fourth-order valence-electron chi connectivity index (χ4n) is 3.65. The van der Waals surface area contributed by atoms with E-state index in [1.54, 1.807) is 18.2 Å². The van der Waals surface area contributed by atoms with Gasteiger partial charge in [0.2, 0.25) is 0 Å².